The third-order valence-corrected chi connectivity index (χ3v) is 3.83. The molecule has 0 spiro atoms. The molecule has 0 aliphatic rings. The smallest absolute Gasteiger partial charge is 0.135 e. The van der Waals surface area contributed by atoms with Gasteiger partial charge in [0.2, 0.25) is 0 Å². The van der Waals surface area contributed by atoms with Crippen molar-refractivity contribution in [2.45, 2.75) is 6.42 Å². The number of thiophene rings is 1. The van der Waals surface area contributed by atoms with Crippen LogP contribution in [0, 0.1) is 0 Å². The van der Waals surface area contributed by atoms with Gasteiger partial charge in [0.15, 0.2) is 0 Å². The molecule has 2 rings (SSSR count). The second-order valence-electron chi connectivity index (χ2n) is 2.95. The van der Waals surface area contributed by atoms with E-state index in [4.69, 9.17) is 16.7 Å². The molecule has 2 aromatic rings. The summed E-state index contributed by atoms with van der Waals surface area (Å²) in [4.78, 5) is 8.27. The number of H-pyrrole nitrogens is 1. The second-order valence-corrected chi connectivity index (χ2v) is 5.15. The third-order valence-electron chi connectivity index (χ3n) is 1.86. The van der Waals surface area contributed by atoms with E-state index in [1.54, 1.807) is 11.3 Å². The Morgan fingerprint density at radius 3 is 3.00 bits per heavy atom. The van der Waals surface area contributed by atoms with Gasteiger partial charge in [-0.2, -0.15) is 0 Å². The Labute approximate surface area is 104 Å². The molecule has 0 saturated heterocycles. The Kier molecular flexibility index (Phi) is 3.45. The van der Waals surface area contributed by atoms with Crippen LogP contribution in [0.3, 0.4) is 0 Å². The Bertz CT molecular complexity index is 468. The molecule has 2 N–H and O–H groups in total. The molecule has 2 heterocycles. The Balaban J connectivity index is 2.35. The van der Waals surface area contributed by atoms with E-state index in [1.165, 1.54) is 0 Å². The minimum absolute atomic E-state index is 0.0669. The molecule has 0 aliphatic heterocycles. The van der Waals surface area contributed by atoms with Crippen molar-refractivity contribution in [1.29, 1.82) is 0 Å². The van der Waals surface area contributed by atoms with E-state index >= 15 is 0 Å². The van der Waals surface area contributed by atoms with Crippen molar-refractivity contribution in [3.63, 3.8) is 0 Å². The number of aliphatic hydroxyl groups excluding tert-OH is 1. The van der Waals surface area contributed by atoms with Gasteiger partial charge in [-0.05, 0) is 22.0 Å². The zero-order valence-electron chi connectivity index (χ0n) is 7.63. The molecule has 0 atom stereocenters. The number of hydrogen-bond acceptors (Lipinski definition) is 3. The quantitative estimate of drug-likeness (QED) is 0.915. The fourth-order valence-electron chi connectivity index (χ4n) is 1.22. The van der Waals surface area contributed by atoms with Crippen molar-refractivity contribution in [2.24, 2.45) is 0 Å². The predicted octanol–water partition coefficient (Wildman–Crippen LogP) is 3.09. The average molecular weight is 308 g/mol. The Morgan fingerprint density at radius 1 is 1.60 bits per heavy atom. The number of aliphatic hydroxyl groups is 1. The number of nitrogens with one attached hydrogen (secondary N) is 1. The summed E-state index contributed by atoms with van der Waals surface area (Å²) in [5.41, 5.74) is 0.746. The van der Waals surface area contributed by atoms with Gasteiger partial charge in [-0.25, -0.2) is 4.98 Å². The van der Waals surface area contributed by atoms with E-state index in [2.05, 4.69) is 25.9 Å². The fraction of sp³-hybridized carbons (Fsp3) is 0.222. The lowest BCUT2D eigenvalue weighted by Gasteiger charge is -1.89. The lowest BCUT2D eigenvalue weighted by molar-refractivity contribution is 0.297. The number of rotatable bonds is 3. The lowest BCUT2D eigenvalue weighted by atomic mass is 10.4. The zero-order chi connectivity index (χ0) is 10.8. The molecule has 6 heteroatoms. The maximum absolute atomic E-state index is 8.79. The van der Waals surface area contributed by atoms with Gasteiger partial charge in [-0.15, -0.1) is 11.3 Å². The molecule has 0 unspecified atom stereocenters. The molecule has 0 radical (unpaired) electrons. The molecule has 0 bridgehead atoms. The number of aromatic amines is 1. The number of imidazole rings is 1. The monoisotopic (exact) mass is 306 g/mol. The number of nitrogens with zero attached hydrogens (tertiary/aromatic N) is 1. The fourth-order valence-corrected chi connectivity index (χ4v) is 2.95. The maximum atomic E-state index is 8.79. The van der Waals surface area contributed by atoms with Gasteiger partial charge in [0, 0.05) is 16.3 Å². The topological polar surface area (TPSA) is 48.9 Å². The molecule has 15 heavy (non-hydrogen) atoms. The highest BCUT2D eigenvalue weighted by molar-refractivity contribution is 9.10. The van der Waals surface area contributed by atoms with Gasteiger partial charge in [0.25, 0.3) is 0 Å². The van der Waals surface area contributed by atoms with Gasteiger partial charge < -0.3 is 10.1 Å². The molecule has 0 aromatic carbocycles. The average Bonchev–Trinajstić information content (AvgIpc) is 2.73. The minimum Gasteiger partial charge on any atom is -0.396 e. The van der Waals surface area contributed by atoms with Crippen molar-refractivity contribution in [3.8, 4) is 10.6 Å². The van der Waals surface area contributed by atoms with Crippen LogP contribution in [0.5, 0.6) is 0 Å². The summed E-state index contributed by atoms with van der Waals surface area (Å²) in [6, 6.07) is 1.97. The first-order valence-electron chi connectivity index (χ1n) is 4.30. The highest BCUT2D eigenvalue weighted by atomic mass is 79.9. The summed E-state index contributed by atoms with van der Waals surface area (Å²) in [5, 5.41) is 11.3. The molecule has 0 aliphatic carbocycles. The SMILES string of the molecule is OCCc1nc(-c2cc(Br)cs2)c(Cl)[nH]1. The van der Waals surface area contributed by atoms with Crippen LogP contribution in [0.15, 0.2) is 15.9 Å². The lowest BCUT2D eigenvalue weighted by Crippen LogP contribution is -1.92. The molecule has 0 amide bonds. The van der Waals surface area contributed by atoms with E-state index in [1.807, 2.05) is 11.4 Å². The minimum atomic E-state index is 0.0669. The molecule has 0 saturated carbocycles. The first kappa shape index (κ1) is 11.1. The van der Waals surface area contributed by atoms with Crippen molar-refractivity contribution < 1.29 is 5.11 Å². The van der Waals surface area contributed by atoms with Crippen LogP contribution in [0.25, 0.3) is 10.6 Å². The first-order valence-corrected chi connectivity index (χ1v) is 6.35. The highest BCUT2D eigenvalue weighted by Gasteiger charge is 2.11. The number of aromatic nitrogens is 2. The van der Waals surface area contributed by atoms with Crippen molar-refractivity contribution in [3.05, 3.63) is 26.9 Å². The van der Waals surface area contributed by atoms with Crippen molar-refractivity contribution in [2.75, 3.05) is 6.61 Å². The predicted molar refractivity (Wildman–Crippen MR) is 65.4 cm³/mol. The zero-order valence-corrected chi connectivity index (χ0v) is 10.8. The standard InChI is InChI=1S/C9H8BrClN2OS/c10-5-3-6(15-4-5)8-9(11)13-7(12-8)1-2-14/h3-4,14H,1-2H2,(H,12,13). The van der Waals surface area contributed by atoms with Gasteiger partial charge in [0.05, 0.1) is 11.5 Å². The van der Waals surface area contributed by atoms with Crippen LogP contribution in [-0.2, 0) is 6.42 Å². The molecule has 80 valence electrons. The van der Waals surface area contributed by atoms with Crippen LogP contribution in [0.1, 0.15) is 5.82 Å². The van der Waals surface area contributed by atoms with Crippen LogP contribution in [-0.4, -0.2) is 21.7 Å². The van der Waals surface area contributed by atoms with E-state index < -0.39 is 0 Å². The van der Waals surface area contributed by atoms with E-state index in [9.17, 15) is 0 Å². The van der Waals surface area contributed by atoms with Crippen molar-refractivity contribution in [1.82, 2.24) is 9.97 Å². The second kappa shape index (κ2) is 4.65. The van der Waals surface area contributed by atoms with Crippen LogP contribution in [0.2, 0.25) is 5.15 Å². The highest BCUT2D eigenvalue weighted by Crippen LogP contribution is 2.32. The van der Waals surface area contributed by atoms with Crippen LogP contribution in [0.4, 0.5) is 0 Å². The van der Waals surface area contributed by atoms with Gasteiger partial charge in [-0.1, -0.05) is 11.6 Å². The Morgan fingerprint density at radius 2 is 2.40 bits per heavy atom. The third kappa shape index (κ3) is 2.42. The van der Waals surface area contributed by atoms with E-state index in [0.29, 0.717) is 17.4 Å². The summed E-state index contributed by atoms with van der Waals surface area (Å²) in [6.07, 6.45) is 0.492. The van der Waals surface area contributed by atoms with Crippen LogP contribution >= 0.6 is 38.9 Å². The van der Waals surface area contributed by atoms with Crippen molar-refractivity contribution >= 4 is 38.9 Å². The number of hydrogen-bond donors (Lipinski definition) is 2. The summed E-state index contributed by atoms with van der Waals surface area (Å²) < 4.78 is 1.02. The summed E-state index contributed by atoms with van der Waals surface area (Å²) in [7, 11) is 0. The van der Waals surface area contributed by atoms with E-state index in [-0.39, 0.29) is 6.61 Å². The molecular weight excluding hydrogens is 300 g/mol. The Hall–Kier alpha value is -0.360. The molecule has 2 aromatic heterocycles. The summed E-state index contributed by atoms with van der Waals surface area (Å²) >= 11 is 11.0. The molecule has 0 fully saturated rings. The van der Waals surface area contributed by atoms with Gasteiger partial charge in [-0.3, -0.25) is 0 Å². The largest absolute Gasteiger partial charge is 0.396 e. The van der Waals surface area contributed by atoms with Crippen LogP contribution < -0.4 is 0 Å². The van der Waals surface area contributed by atoms with E-state index in [0.717, 1.165) is 15.0 Å². The number of halogens is 2. The summed E-state index contributed by atoms with van der Waals surface area (Å²) in [6.45, 7) is 0.0669. The van der Waals surface area contributed by atoms with Gasteiger partial charge in [0.1, 0.15) is 16.7 Å². The normalized spacial score (nSPS) is 10.9. The summed E-state index contributed by atoms with van der Waals surface area (Å²) in [5.74, 6) is 0.710. The maximum Gasteiger partial charge on any atom is 0.135 e. The first-order chi connectivity index (χ1) is 7.20. The molecule has 3 nitrogen and oxygen atoms in total. The van der Waals surface area contributed by atoms with Gasteiger partial charge >= 0.3 is 0 Å². The molecular formula is C9H8BrClN2OS.